The van der Waals surface area contributed by atoms with Crippen LogP contribution in [-0.2, 0) is 0 Å². The second-order valence-corrected chi connectivity index (χ2v) is 2.16. The molecule has 0 saturated heterocycles. The average molecular weight is 190 g/mol. The van der Waals surface area contributed by atoms with Crippen molar-refractivity contribution in [2.24, 2.45) is 0 Å². The molecule has 0 spiro atoms. The van der Waals surface area contributed by atoms with Gasteiger partial charge in [0.15, 0.2) is 0 Å². The highest BCUT2D eigenvalue weighted by Crippen LogP contribution is 2.08. The summed E-state index contributed by atoms with van der Waals surface area (Å²) in [5.74, 6) is 0. The lowest BCUT2D eigenvalue weighted by Crippen LogP contribution is -1.87. The first kappa shape index (κ1) is 6.99. The quantitative estimate of drug-likeness (QED) is 0.626. The molecule has 0 amide bonds. The molecule has 0 atom stereocenters. The zero-order valence-electron chi connectivity index (χ0n) is 3.98. The summed E-state index contributed by atoms with van der Waals surface area (Å²) in [6.07, 6.45) is 0. The van der Waals surface area contributed by atoms with E-state index in [1.807, 2.05) is 0 Å². The summed E-state index contributed by atoms with van der Waals surface area (Å²) < 4.78 is 0. The number of hydrogen-bond donors (Lipinski definition) is 0. The molecule has 1 rings (SSSR count). The lowest BCUT2D eigenvalue weighted by molar-refractivity contribution is 1.05. The maximum atomic E-state index is 5.32. The van der Waals surface area contributed by atoms with Crippen LogP contribution in [0.25, 0.3) is 0 Å². The van der Waals surface area contributed by atoms with Crippen LogP contribution >= 0.6 is 34.8 Å². The Hall–Kier alpha value is -0.120. The van der Waals surface area contributed by atoms with Gasteiger partial charge in [-0.25, -0.2) is 0 Å². The van der Waals surface area contributed by atoms with E-state index < -0.39 is 0 Å². The topological polar surface area (TPSA) is 38.7 Å². The summed E-state index contributed by atoms with van der Waals surface area (Å²) in [6, 6.07) is 0. The Morgan fingerprint density at radius 1 is 0.667 bits per heavy atom. The molecule has 0 bridgehead atoms. The zero-order chi connectivity index (χ0) is 6.85. The Bertz CT molecular complexity index is 175. The molecule has 1 aromatic heterocycles. The largest absolute Gasteiger partial charge is 0.227 e. The Kier molecular flexibility index (Phi) is 2.05. The summed E-state index contributed by atoms with van der Waals surface area (Å²) >= 11 is 16.0. The smallest absolute Gasteiger partial charge is 0.187 e. The molecular formula is C3Cl3N3. The van der Waals surface area contributed by atoms with Crippen LogP contribution in [0.4, 0.5) is 0 Å². The number of halogens is 3. The monoisotopic (exact) mass is 189 g/mol. The molecule has 0 aliphatic heterocycles. The van der Waals surface area contributed by atoms with Crippen LogP contribution in [0.1, 0.15) is 0 Å². The van der Waals surface area contributed by atoms with Crippen LogP contribution in [0, 0.1) is 0 Å². The summed E-state index contributed by atoms with van der Waals surface area (Å²) in [4.78, 5) is 10.4. The van der Waals surface area contributed by atoms with E-state index in [2.05, 4.69) is 15.0 Å². The molecule has 0 fully saturated rings. The van der Waals surface area contributed by atoms with Crippen LogP contribution in [0.3, 0.4) is 0 Å². The predicted octanol–water partition coefficient (Wildman–Crippen LogP) is 1.83. The molecule has 3 nitrogen and oxygen atoms in total. The van der Waals surface area contributed by atoms with E-state index in [0.717, 1.165) is 0 Å². The second kappa shape index (κ2) is 2.64. The Labute approximate surface area is 66.0 Å². The van der Waals surface area contributed by atoms with Crippen molar-refractivity contribution < 1.29 is 0 Å². The third-order valence-electron chi connectivity index (χ3n) is 0.554. The molecule has 1 heterocycles. The summed E-state index contributed by atoms with van der Waals surface area (Å²) in [7, 11) is 0. The minimum atomic E-state index is 0.000000000000000444. The van der Waals surface area contributed by atoms with E-state index in [0.29, 0.717) is 0 Å². The molecule has 0 aliphatic carbocycles. The molecule has 0 aromatic carbocycles. The van der Waals surface area contributed by atoms with Gasteiger partial charge in [0, 0.05) is 0 Å². The highest BCUT2D eigenvalue weighted by Gasteiger charge is 1.97. The molecule has 0 radical (unpaired) electrons. The van der Waals surface area contributed by atoms with E-state index in [1.54, 1.807) is 0 Å². The maximum Gasteiger partial charge on any atom is 0.227 e. The van der Waals surface area contributed by atoms with Gasteiger partial charge in [-0.2, -0.15) is 15.0 Å². The van der Waals surface area contributed by atoms with Gasteiger partial charge >= 0.3 is 0 Å². The molecule has 6 heteroatoms. The van der Waals surface area contributed by atoms with Crippen molar-refractivity contribution >= 4 is 34.8 Å². The molecule has 0 saturated carbocycles. The average Bonchev–Trinajstić information content (AvgIpc) is 1.59. The maximum absolute atomic E-state index is 5.32. The van der Waals surface area contributed by atoms with E-state index in [4.69, 9.17) is 34.8 Å². The molecule has 0 N–H and O–H groups in total. The van der Waals surface area contributed by atoms with Crippen molar-refractivity contribution in [3.05, 3.63) is 15.9 Å². The van der Waals surface area contributed by atoms with E-state index in [1.165, 1.54) is 0 Å². The van der Waals surface area contributed by atoms with E-state index in [9.17, 15) is 0 Å². The van der Waals surface area contributed by atoms with Crippen molar-refractivity contribution in [1.29, 1.82) is 0 Å². The third-order valence-corrected chi connectivity index (χ3v) is 1.06. The molecule has 9 heavy (non-hydrogen) atoms. The van der Waals surface area contributed by atoms with E-state index in [-0.39, 0.29) is 15.9 Å². The lowest BCUT2D eigenvalue weighted by Gasteiger charge is -1.88. The van der Waals surface area contributed by atoms with Crippen molar-refractivity contribution in [2.75, 3.05) is 0 Å². The molecule has 0 unspecified atom stereocenters. The second-order valence-electron chi connectivity index (χ2n) is 1.14. The van der Waals surface area contributed by atoms with Gasteiger partial charge in [0.1, 0.15) is 0 Å². The van der Waals surface area contributed by atoms with Gasteiger partial charge in [0.2, 0.25) is 15.9 Å². The molecule has 48 valence electrons. The number of rotatable bonds is 0. The number of hydrogen-bond acceptors (Lipinski definition) is 3. The van der Waals surface area contributed by atoms with Gasteiger partial charge in [-0.05, 0) is 34.8 Å². The fourth-order valence-corrected chi connectivity index (χ4v) is 0.913. The van der Waals surface area contributed by atoms with Gasteiger partial charge in [-0.1, -0.05) is 0 Å². The van der Waals surface area contributed by atoms with Crippen LogP contribution in [-0.4, -0.2) is 15.0 Å². The summed E-state index contributed by atoms with van der Waals surface area (Å²) in [5.41, 5.74) is 0. The summed E-state index contributed by atoms with van der Waals surface area (Å²) in [6.45, 7) is 0. The predicted molar refractivity (Wildman–Crippen MR) is 34.9 cm³/mol. The van der Waals surface area contributed by atoms with Gasteiger partial charge in [-0.3, -0.25) is 0 Å². The number of nitrogens with zero attached hydrogens (tertiary/aromatic N) is 3. The van der Waals surface area contributed by atoms with Crippen LogP contribution < -0.4 is 0 Å². The van der Waals surface area contributed by atoms with Crippen molar-refractivity contribution in [2.45, 2.75) is 0 Å². The van der Waals surface area contributed by atoms with Gasteiger partial charge in [0.05, 0.1) is 0 Å². The minimum absolute atomic E-state index is 0.000000000000000444. The Morgan fingerprint density at radius 2 is 0.889 bits per heavy atom. The highest BCUT2D eigenvalue weighted by atomic mass is 35.5. The first-order valence-corrected chi connectivity index (χ1v) is 3.04. The van der Waals surface area contributed by atoms with Crippen LogP contribution in [0.2, 0.25) is 15.9 Å². The number of aromatic nitrogens is 3. The van der Waals surface area contributed by atoms with Crippen molar-refractivity contribution in [3.63, 3.8) is 0 Å². The van der Waals surface area contributed by atoms with E-state index >= 15 is 0 Å². The normalized spacial score (nSPS) is 9.67. The first-order valence-electron chi connectivity index (χ1n) is 1.91. The standard InChI is InChI=1S/C3Cl3N3/c4-1-7-2(5)9-3(6)8-1/i1+2,2+2,3+2. The summed E-state index contributed by atoms with van der Waals surface area (Å²) in [5, 5.41) is 0.00000000000000178. The Morgan fingerprint density at radius 3 is 1.11 bits per heavy atom. The minimum Gasteiger partial charge on any atom is -0.187 e. The Balaban J connectivity index is 3.17. The van der Waals surface area contributed by atoms with Crippen molar-refractivity contribution in [3.8, 4) is 0 Å². The fraction of sp³-hybridized carbons (Fsp3) is 0. The molecule has 1 aromatic rings. The zero-order valence-corrected chi connectivity index (χ0v) is 6.24. The van der Waals surface area contributed by atoms with Crippen LogP contribution in [0.5, 0.6) is 0 Å². The third kappa shape index (κ3) is 1.93. The lowest BCUT2D eigenvalue weighted by atomic mass is 12.4. The molecular weight excluding hydrogens is 190 g/mol. The molecule has 0 aliphatic rings. The van der Waals surface area contributed by atoms with Crippen LogP contribution in [0.15, 0.2) is 0 Å². The van der Waals surface area contributed by atoms with Gasteiger partial charge in [0.25, 0.3) is 0 Å². The van der Waals surface area contributed by atoms with Crippen molar-refractivity contribution in [1.82, 2.24) is 15.0 Å². The SMILES string of the molecule is Cl[14c]1n[14c](Cl)n[14c](Cl)n1. The van der Waals surface area contributed by atoms with Gasteiger partial charge < -0.3 is 0 Å². The fourth-order valence-electron chi connectivity index (χ4n) is 0.303. The van der Waals surface area contributed by atoms with Gasteiger partial charge in [-0.15, -0.1) is 0 Å². The first-order chi connectivity index (χ1) is 4.18. The highest BCUT2D eigenvalue weighted by molar-refractivity contribution is 6.33.